The van der Waals surface area contributed by atoms with Crippen molar-refractivity contribution in [3.8, 4) is 0 Å². The van der Waals surface area contributed by atoms with Crippen molar-refractivity contribution in [3.63, 3.8) is 0 Å². The van der Waals surface area contributed by atoms with Gasteiger partial charge in [0.05, 0.1) is 53.2 Å². The third-order valence-corrected chi connectivity index (χ3v) is 3.48. The fraction of sp³-hybridized carbons (Fsp3) is 1.00. The van der Waals surface area contributed by atoms with Gasteiger partial charge in [0.25, 0.3) is 0 Å². The van der Waals surface area contributed by atoms with Gasteiger partial charge in [0.2, 0.25) is 0 Å². The summed E-state index contributed by atoms with van der Waals surface area (Å²) in [5.74, 6) is 0. The molecule has 0 aromatic carbocycles. The highest BCUT2D eigenvalue weighted by Crippen LogP contribution is 2.15. The summed E-state index contributed by atoms with van der Waals surface area (Å²) in [4.78, 5) is 0. The first-order valence-corrected chi connectivity index (χ1v) is 6.75. The van der Waals surface area contributed by atoms with Crippen molar-refractivity contribution in [1.29, 1.82) is 0 Å². The van der Waals surface area contributed by atoms with Crippen LogP contribution in [0.4, 0.5) is 0 Å². The van der Waals surface area contributed by atoms with E-state index in [1.807, 2.05) is 0 Å². The summed E-state index contributed by atoms with van der Waals surface area (Å²) in [6, 6.07) is 0. The number of hydrogen-bond donors (Lipinski definition) is 0. The molecule has 1 aliphatic rings. The second-order valence-electron chi connectivity index (χ2n) is 5.07. The molecule has 0 saturated carbocycles. The lowest BCUT2D eigenvalue weighted by molar-refractivity contribution is -0.914. The summed E-state index contributed by atoms with van der Waals surface area (Å²) in [5.41, 5.74) is 0. The molecule has 4 heteroatoms. The third kappa shape index (κ3) is 6.99. The minimum Gasteiger partial charge on any atom is -0.382 e. The second kappa shape index (κ2) is 8.86. The Morgan fingerprint density at radius 3 is 2.06 bits per heavy atom. The number of likely N-dealkylation sites (tertiary alicyclic amines) is 1. The molecular weight excluding hydrogens is 218 g/mol. The molecule has 1 rings (SSSR count). The number of piperidine rings is 1. The van der Waals surface area contributed by atoms with Crippen LogP contribution in [-0.2, 0) is 14.2 Å². The number of quaternary nitrogens is 1. The fourth-order valence-electron chi connectivity index (χ4n) is 2.25. The molecule has 1 fully saturated rings. The summed E-state index contributed by atoms with van der Waals surface area (Å²) in [5, 5.41) is 0. The minimum atomic E-state index is 0.660. The topological polar surface area (TPSA) is 27.7 Å². The first kappa shape index (κ1) is 14.9. The van der Waals surface area contributed by atoms with Gasteiger partial charge in [-0.25, -0.2) is 0 Å². The maximum absolute atomic E-state index is 5.60. The number of methoxy groups -OCH3 is 1. The van der Waals surface area contributed by atoms with Gasteiger partial charge in [-0.1, -0.05) is 0 Å². The van der Waals surface area contributed by atoms with Crippen molar-refractivity contribution in [1.82, 2.24) is 0 Å². The van der Waals surface area contributed by atoms with Crippen LogP contribution >= 0.6 is 0 Å². The maximum atomic E-state index is 5.60. The molecule has 0 aromatic heterocycles. The zero-order chi connectivity index (χ0) is 12.4. The van der Waals surface area contributed by atoms with E-state index in [1.165, 1.54) is 36.8 Å². The van der Waals surface area contributed by atoms with E-state index in [9.17, 15) is 0 Å². The molecule has 0 bridgehead atoms. The van der Waals surface area contributed by atoms with Crippen molar-refractivity contribution in [3.05, 3.63) is 0 Å². The lowest BCUT2D eigenvalue weighted by atomic mass is 10.1. The zero-order valence-corrected chi connectivity index (χ0v) is 11.5. The predicted octanol–water partition coefficient (Wildman–Crippen LogP) is 1.30. The highest BCUT2D eigenvalue weighted by molar-refractivity contribution is 4.51. The van der Waals surface area contributed by atoms with Crippen molar-refractivity contribution in [2.24, 2.45) is 0 Å². The van der Waals surface area contributed by atoms with E-state index in [4.69, 9.17) is 14.2 Å². The van der Waals surface area contributed by atoms with Crippen LogP contribution in [0.2, 0.25) is 0 Å². The molecule has 17 heavy (non-hydrogen) atoms. The minimum absolute atomic E-state index is 0.660. The summed E-state index contributed by atoms with van der Waals surface area (Å²) >= 11 is 0. The molecule has 0 N–H and O–H groups in total. The van der Waals surface area contributed by atoms with E-state index in [-0.39, 0.29) is 0 Å². The van der Waals surface area contributed by atoms with Crippen molar-refractivity contribution >= 4 is 0 Å². The van der Waals surface area contributed by atoms with Gasteiger partial charge in [0.15, 0.2) is 0 Å². The average Bonchev–Trinajstić information content (AvgIpc) is 2.33. The summed E-state index contributed by atoms with van der Waals surface area (Å²) in [6.07, 6.45) is 4.15. The monoisotopic (exact) mass is 246 g/mol. The van der Waals surface area contributed by atoms with Gasteiger partial charge in [0.1, 0.15) is 6.54 Å². The molecule has 1 aliphatic heterocycles. The molecule has 0 amide bonds. The highest BCUT2D eigenvalue weighted by atomic mass is 16.5. The lowest BCUT2D eigenvalue weighted by Crippen LogP contribution is -2.49. The Morgan fingerprint density at radius 2 is 1.41 bits per heavy atom. The van der Waals surface area contributed by atoms with Crippen LogP contribution in [0.1, 0.15) is 19.3 Å². The molecular formula is C13H28NO3+. The van der Waals surface area contributed by atoms with Gasteiger partial charge >= 0.3 is 0 Å². The summed E-state index contributed by atoms with van der Waals surface area (Å²) in [7, 11) is 4.03. The molecule has 0 aliphatic carbocycles. The quantitative estimate of drug-likeness (QED) is 0.453. The van der Waals surface area contributed by atoms with Crippen LogP contribution in [0.15, 0.2) is 0 Å². The highest BCUT2D eigenvalue weighted by Gasteiger charge is 2.23. The van der Waals surface area contributed by atoms with E-state index in [2.05, 4.69) is 7.05 Å². The van der Waals surface area contributed by atoms with Crippen LogP contribution in [0.3, 0.4) is 0 Å². The number of likely N-dealkylation sites (N-methyl/N-ethyl adjacent to an activating group) is 1. The van der Waals surface area contributed by atoms with Crippen molar-refractivity contribution in [2.45, 2.75) is 19.3 Å². The maximum Gasteiger partial charge on any atom is 0.102 e. The molecule has 4 nitrogen and oxygen atoms in total. The Bertz CT molecular complexity index is 182. The van der Waals surface area contributed by atoms with E-state index in [0.29, 0.717) is 26.4 Å². The normalized spacial score (nSPS) is 19.4. The van der Waals surface area contributed by atoms with Gasteiger partial charge in [-0.3, -0.25) is 0 Å². The van der Waals surface area contributed by atoms with E-state index in [1.54, 1.807) is 7.11 Å². The number of hydrogen-bond acceptors (Lipinski definition) is 3. The first-order chi connectivity index (χ1) is 8.27. The molecule has 1 heterocycles. The van der Waals surface area contributed by atoms with E-state index in [0.717, 1.165) is 13.2 Å². The Morgan fingerprint density at radius 1 is 0.824 bits per heavy atom. The lowest BCUT2D eigenvalue weighted by Gasteiger charge is -2.37. The van der Waals surface area contributed by atoms with Crippen LogP contribution in [0, 0.1) is 0 Å². The average molecular weight is 246 g/mol. The standard InChI is InChI=1S/C13H28NO3/c1-14(6-4-3-5-7-14)8-9-16-12-13-17-11-10-15-2/h3-13H2,1-2H3/q+1. The zero-order valence-electron chi connectivity index (χ0n) is 11.5. The van der Waals surface area contributed by atoms with Gasteiger partial charge in [0, 0.05) is 7.11 Å². The SMILES string of the molecule is COCCOCCOCC[N+]1(C)CCCCC1. The predicted molar refractivity (Wildman–Crippen MR) is 68.2 cm³/mol. The molecule has 1 saturated heterocycles. The van der Waals surface area contributed by atoms with Crippen LogP contribution in [0.25, 0.3) is 0 Å². The first-order valence-electron chi connectivity index (χ1n) is 6.75. The van der Waals surface area contributed by atoms with Crippen LogP contribution < -0.4 is 0 Å². The third-order valence-electron chi connectivity index (χ3n) is 3.48. The van der Waals surface area contributed by atoms with Gasteiger partial charge in [-0.05, 0) is 19.3 Å². The molecule has 0 spiro atoms. The molecule has 0 radical (unpaired) electrons. The fourth-order valence-corrected chi connectivity index (χ4v) is 2.25. The Balaban J connectivity index is 1.89. The van der Waals surface area contributed by atoms with Gasteiger partial charge in [-0.15, -0.1) is 0 Å². The molecule has 0 atom stereocenters. The molecule has 0 unspecified atom stereocenters. The van der Waals surface area contributed by atoms with Crippen molar-refractivity contribution in [2.75, 3.05) is 66.8 Å². The Hall–Kier alpha value is -0.160. The smallest absolute Gasteiger partial charge is 0.102 e. The van der Waals surface area contributed by atoms with Crippen LogP contribution in [-0.4, -0.2) is 71.3 Å². The largest absolute Gasteiger partial charge is 0.382 e. The summed E-state index contributed by atoms with van der Waals surface area (Å²) < 4.78 is 17.0. The number of nitrogens with zero attached hydrogens (tertiary/aromatic N) is 1. The molecule has 102 valence electrons. The summed E-state index contributed by atoms with van der Waals surface area (Å²) in [6.45, 7) is 7.31. The van der Waals surface area contributed by atoms with E-state index >= 15 is 0 Å². The number of rotatable bonds is 9. The van der Waals surface area contributed by atoms with Gasteiger partial charge < -0.3 is 18.7 Å². The number of ether oxygens (including phenoxy) is 3. The molecule has 0 aromatic rings. The second-order valence-corrected chi connectivity index (χ2v) is 5.07. The van der Waals surface area contributed by atoms with Crippen molar-refractivity contribution < 1.29 is 18.7 Å². The van der Waals surface area contributed by atoms with Crippen LogP contribution in [0.5, 0.6) is 0 Å². The van der Waals surface area contributed by atoms with Gasteiger partial charge in [-0.2, -0.15) is 0 Å². The van der Waals surface area contributed by atoms with E-state index < -0.39 is 0 Å². The Labute approximate surface area is 105 Å². The Kier molecular flexibility index (Phi) is 7.77.